The van der Waals surface area contributed by atoms with Crippen LogP contribution in [0.3, 0.4) is 0 Å². The molecule has 2 aromatic rings. The van der Waals surface area contributed by atoms with Crippen molar-refractivity contribution in [3.05, 3.63) is 40.1 Å². The first-order chi connectivity index (χ1) is 8.41. The van der Waals surface area contributed by atoms with E-state index in [4.69, 9.17) is 9.63 Å². The van der Waals surface area contributed by atoms with E-state index in [0.717, 1.165) is 16.7 Å². The summed E-state index contributed by atoms with van der Waals surface area (Å²) < 4.78 is 5.21. The second kappa shape index (κ2) is 4.29. The van der Waals surface area contributed by atoms with E-state index in [1.165, 1.54) is 5.56 Å². The molecule has 1 aromatic heterocycles. The third kappa shape index (κ3) is 1.90. The molecular formula is C14H15NO3. The zero-order valence-electron chi connectivity index (χ0n) is 10.9. The summed E-state index contributed by atoms with van der Waals surface area (Å²) in [5.41, 5.74) is 4.76. The van der Waals surface area contributed by atoms with E-state index >= 15 is 0 Å². The van der Waals surface area contributed by atoms with Gasteiger partial charge >= 0.3 is 5.97 Å². The van der Waals surface area contributed by atoms with Crippen molar-refractivity contribution in [2.24, 2.45) is 0 Å². The molecule has 0 fully saturated rings. The highest BCUT2D eigenvalue weighted by Gasteiger charge is 2.21. The molecule has 0 aliphatic carbocycles. The quantitative estimate of drug-likeness (QED) is 0.881. The molecule has 0 saturated carbocycles. The Balaban J connectivity index is 2.67. The van der Waals surface area contributed by atoms with Gasteiger partial charge in [0.1, 0.15) is 0 Å². The molecule has 0 radical (unpaired) electrons. The maximum Gasteiger partial charge on any atom is 0.358 e. The zero-order chi connectivity index (χ0) is 13.4. The van der Waals surface area contributed by atoms with Gasteiger partial charge in [-0.15, -0.1) is 0 Å². The van der Waals surface area contributed by atoms with Crippen molar-refractivity contribution >= 4 is 5.97 Å². The van der Waals surface area contributed by atoms with Gasteiger partial charge in [0.25, 0.3) is 0 Å². The normalized spacial score (nSPS) is 10.7. The summed E-state index contributed by atoms with van der Waals surface area (Å²) in [5, 5.41) is 12.6. The molecule has 0 saturated heterocycles. The molecular weight excluding hydrogens is 230 g/mol. The fourth-order valence-electron chi connectivity index (χ4n) is 2.31. The van der Waals surface area contributed by atoms with E-state index in [1.54, 1.807) is 6.92 Å². The Morgan fingerprint density at radius 2 is 1.72 bits per heavy atom. The molecule has 2 rings (SSSR count). The van der Waals surface area contributed by atoms with Crippen molar-refractivity contribution < 1.29 is 14.4 Å². The van der Waals surface area contributed by atoms with Crippen LogP contribution in [-0.2, 0) is 0 Å². The smallest absolute Gasteiger partial charge is 0.358 e. The predicted octanol–water partition coefficient (Wildman–Crippen LogP) is 3.27. The molecule has 0 amide bonds. The van der Waals surface area contributed by atoms with Crippen LogP contribution in [-0.4, -0.2) is 16.2 Å². The molecule has 0 unspecified atom stereocenters. The average Bonchev–Trinajstić information content (AvgIpc) is 2.59. The van der Waals surface area contributed by atoms with Crippen LogP contribution in [0.15, 0.2) is 16.7 Å². The summed E-state index contributed by atoms with van der Waals surface area (Å²) >= 11 is 0. The number of carbonyl (C=O) groups is 1. The van der Waals surface area contributed by atoms with Gasteiger partial charge in [-0.2, -0.15) is 0 Å². The molecule has 1 heterocycles. The number of aromatic carboxylic acids is 1. The Hall–Kier alpha value is -2.10. The standard InChI is InChI=1S/C14H15NO3/c1-7-5-8(2)11(9(3)6-7)13-10(4)12(14(16)17)15-18-13/h5-6H,1-4H3,(H,16,17). The lowest BCUT2D eigenvalue weighted by molar-refractivity contribution is 0.0685. The van der Waals surface area contributed by atoms with Crippen molar-refractivity contribution in [1.29, 1.82) is 0 Å². The molecule has 4 nitrogen and oxygen atoms in total. The lowest BCUT2D eigenvalue weighted by Gasteiger charge is -2.08. The Labute approximate surface area is 105 Å². The summed E-state index contributed by atoms with van der Waals surface area (Å²) in [6.45, 7) is 7.71. The minimum Gasteiger partial charge on any atom is -0.476 e. The second-order valence-corrected chi connectivity index (χ2v) is 4.56. The van der Waals surface area contributed by atoms with Crippen molar-refractivity contribution in [3.63, 3.8) is 0 Å². The van der Waals surface area contributed by atoms with E-state index in [1.807, 2.05) is 32.9 Å². The van der Waals surface area contributed by atoms with Crippen LogP contribution >= 0.6 is 0 Å². The highest BCUT2D eigenvalue weighted by atomic mass is 16.5. The Morgan fingerprint density at radius 1 is 1.17 bits per heavy atom. The fraction of sp³-hybridized carbons (Fsp3) is 0.286. The third-order valence-corrected chi connectivity index (χ3v) is 3.03. The van der Waals surface area contributed by atoms with Crippen molar-refractivity contribution in [2.45, 2.75) is 27.7 Å². The van der Waals surface area contributed by atoms with Gasteiger partial charge in [-0.05, 0) is 38.8 Å². The number of nitrogens with zero attached hydrogens (tertiary/aromatic N) is 1. The van der Waals surface area contributed by atoms with Gasteiger partial charge in [0.15, 0.2) is 11.5 Å². The monoisotopic (exact) mass is 245 g/mol. The van der Waals surface area contributed by atoms with Gasteiger partial charge in [0, 0.05) is 11.1 Å². The molecule has 0 aliphatic heterocycles. The topological polar surface area (TPSA) is 63.3 Å². The first-order valence-electron chi connectivity index (χ1n) is 5.69. The molecule has 94 valence electrons. The summed E-state index contributed by atoms with van der Waals surface area (Å²) in [6, 6.07) is 4.09. The SMILES string of the molecule is Cc1cc(C)c(-c2onc(C(=O)O)c2C)c(C)c1. The Morgan fingerprint density at radius 3 is 2.17 bits per heavy atom. The number of carboxylic acids is 1. The molecule has 0 aliphatic rings. The van der Waals surface area contributed by atoms with Gasteiger partial charge in [-0.1, -0.05) is 22.9 Å². The van der Waals surface area contributed by atoms with Gasteiger partial charge in [0.05, 0.1) is 0 Å². The number of carboxylic acid groups (broad SMARTS) is 1. The van der Waals surface area contributed by atoms with E-state index < -0.39 is 5.97 Å². The molecule has 4 heteroatoms. The Kier molecular flexibility index (Phi) is 2.95. The zero-order valence-corrected chi connectivity index (χ0v) is 10.9. The third-order valence-electron chi connectivity index (χ3n) is 3.03. The van der Waals surface area contributed by atoms with Gasteiger partial charge in [-0.25, -0.2) is 4.79 Å². The molecule has 0 bridgehead atoms. The van der Waals surface area contributed by atoms with Gasteiger partial charge in [0.2, 0.25) is 0 Å². The van der Waals surface area contributed by atoms with Gasteiger partial charge in [-0.3, -0.25) is 0 Å². The van der Waals surface area contributed by atoms with Crippen molar-refractivity contribution in [1.82, 2.24) is 5.16 Å². The number of hydrogen-bond donors (Lipinski definition) is 1. The number of hydrogen-bond acceptors (Lipinski definition) is 3. The van der Waals surface area contributed by atoms with Crippen LogP contribution < -0.4 is 0 Å². The van der Waals surface area contributed by atoms with Crippen LogP contribution in [0.5, 0.6) is 0 Å². The number of rotatable bonds is 2. The van der Waals surface area contributed by atoms with E-state index in [0.29, 0.717) is 11.3 Å². The molecule has 1 aromatic carbocycles. The average molecular weight is 245 g/mol. The van der Waals surface area contributed by atoms with E-state index in [2.05, 4.69) is 5.16 Å². The summed E-state index contributed by atoms with van der Waals surface area (Å²) in [4.78, 5) is 11.0. The van der Waals surface area contributed by atoms with Crippen molar-refractivity contribution in [3.8, 4) is 11.3 Å². The number of aryl methyl sites for hydroxylation is 3. The minimum absolute atomic E-state index is 0.0237. The molecule has 0 atom stereocenters. The number of aromatic nitrogens is 1. The van der Waals surface area contributed by atoms with Crippen LogP contribution in [0.25, 0.3) is 11.3 Å². The van der Waals surface area contributed by atoms with Crippen LogP contribution in [0.1, 0.15) is 32.7 Å². The first kappa shape index (κ1) is 12.4. The van der Waals surface area contributed by atoms with Crippen LogP contribution in [0, 0.1) is 27.7 Å². The largest absolute Gasteiger partial charge is 0.476 e. The second-order valence-electron chi connectivity index (χ2n) is 4.56. The lowest BCUT2D eigenvalue weighted by atomic mass is 9.96. The summed E-state index contributed by atoms with van der Waals surface area (Å²) in [5.74, 6) is -0.521. The summed E-state index contributed by atoms with van der Waals surface area (Å²) in [6.07, 6.45) is 0. The van der Waals surface area contributed by atoms with E-state index in [9.17, 15) is 4.79 Å². The maximum absolute atomic E-state index is 11.0. The first-order valence-corrected chi connectivity index (χ1v) is 5.69. The fourth-order valence-corrected chi connectivity index (χ4v) is 2.31. The highest BCUT2D eigenvalue weighted by Crippen LogP contribution is 2.32. The Bertz CT molecular complexity index is 603. The van der Waals surface area contributed by atoms with Crippen LogP contribution in [0.2, 0.25) is 0 Å². The molecule has 0 spiro atoms. The van der Waals surface area contributed by atoms with Crippen LogP contribution in [0.4, 0.5) is 0 Å². The number of benzene rings is 1. The summed E-state index contributed by atoms with van der Waals surface area (Å²) in [7, 11) is 0. The maximum atomic E-state index is 11.0. The molecule has 18 heavy (non-hydrogen) atoms. The van der Waals surface area contributed by atoms with E-state index in [-0.39, 0.29) is 5.69 Å². The molecule has 1 N–H and O–H groups in total. The lowest BCUT2D eigenvalue weighted by Crippen LogP contribution is -1.99. The predicted molar refractivity (Wildman–Crippen MR) is 67.8 cm³/mol. The highest BCUT2D eigenvalue weighted by molar-refractivity contribution is 5.89. The minimum atomic E-state index is -1.06. The van der Waals surface area contributed by atoms with Gasteiger partial charge < -0.3 is 9.63 Å². The van der Waals surface area contributed by atoms with Crippen molar-refractivity contribution in [2.75, 3.05) is 0 Å².